The predicted molar refractivity (Wildman–Crippen MR) is 75.9 cm³/mol. The Bertz CT molecular complexity index is 767. The summed E-state index contributed by atoms with van der Waals surface area (Å²) in [6.45, 7) is 0.235. The van der Waals surface area contributed by atoms with E-state index in [2.05, 4.69) is 4.98 Å². The van der Waals surface area contributed by atoms with Crippen molar-refractivity contribution in [2.75, 3.05) is 5.73 Å². The van der Waals surface area contributed by atoms with E-state index >= 15 is 0 Å². The zero-order valence-corrected chi connectivity index (χ0v) is 11.0. The number of fused-ring (bicyclic) bond motifs is 1. The highest BCUT2D eigenvalue weighted by Crippen LogP contribution is 2.22. The average Bonchev–Trinajstić information content (AvgIpc) is 2.77. The molecule has 0 aliphatic heterocycles. The van der Waals surface area contributed by atoms with Crippen molar-refractivity contribution in [1.29, 1.82) is 0 Å². The van der Waals surface area contributed by atoms with Crippen LogP contribution < -0.4 is 10.5 Å². The normalized spacial score (nSPS) is 10.9. The number of imidazole rings is 1. The predicted octanol–water partition coefficient (Wildman–Crippen LogP) is 2.87. The molecule has 0 bridgehead atoms. The number of rotatable bonds is 3. The first-order valence-electron chi connectivity index (χ1n) is 6.24. The Labute approximate surface area is 115 Å². The second-order valence-corrected chi connectivity index (χ2v) is 4.52. The van der Waals surface area contributed by atoms with Gasteiger partial charge in [-0.1, -0.05) is 18.2 Å². The van der Waals surface area contributed by atoms with Crippen LogP contribution in [0.4, 0.5) is 10.1 Å². The molecule has 0 fully saturated rings. The van der Waals surface area contributed by atoms with Gasteiger partial charge < -0.3 is 15.0 Å². The molecule has 4 nitrogen and oxygen atoms in total. The Morgan fingerprint density at radius 3 is 2.75 bits per heavy atom. The van der Waals surface area contributed by atoms with Gasteiger partial charge in [-0.25, -0.2) is 9.37 Å². The highest BCUT2D eigenvalue weighted by atomic mass is 19.1. The van der Waals surface area contributed by atoms with E-state index in [1.807, 2.05) is 29.8 Å². The van der Waals surface area contributed by atoms with Crippen molar-refractivity contribution in [2.45, 2.75) is 6.61 Å². The highest BCUT2D eigenvalue weighted by Gasteiger charge is 2.11. The van der Waals surface area contributed by atoms with Crippen LogP contribution in [0.2, 0.25) is 0 Å². The molecule has 1 heterocycles. The number of para-hydroxylation sites is 3. The fraction of sp³-hybridized carbons (Fsp3) is 0.133. The van der Waals surface area contributed by atoms with E-state index in [1.54, 1.807) is 18.2 Å². The fourth-order valence-electron chi connectivity index (χ4n) is 2.11. The Morgan fingerprint density at radius 2 is 2.00 bits per heavy atom. The minimum atomic E-state index is -0.330. The Hall–Kier alpha value is -2.56. The van der Waals surface area contributed by atoms with Crippen LogP contribution in [-0.2, 0) is 13.7 Å². The number of aromatic nitrogens is 2. The van der Waals surface area contributed by atoms with E-state index in [1.165, 1.54) is 6.07 Å². The van der Waals surface area contributed by atoms with Crippen LogP contribution in [0.1, 0.15) is 5.82 Å². The lowest BCUT2D eigenvalue weighted by molar-refractivity contribution is 0.294. The number of nitrogens with zero attached hydrogens (tertiary/aromatic N) is 2. The van der Waals surface area contributed by atoms with Gasteiger partial charge in [0.15, 0.2) is 5.82 Å². The molecule has 0 spiro atoms. The third-order valence-electron chi connectivity index (χ3n) is 3.23. The standard InChI is InChI=1S/C15H14FN3O/c1-19-12-7-4-5-10(16)15(12)18-14(19)9-20-13-8-3-2-6-11(13)17/h2-8H,9,17H2,1H3. The summed E-state index contributed by atoms with van der Waals surface area (Å²) < 4.78 is 21.1. The molecule has 0 radical (unpaired) electrons. The fourth-order valence-corrected chi connectivity index (χ4v) is 2.11. The zero-order valence-electron chi connectivity index (χ0n) is 11.0. The maximum absolute atomic E-state index is 13.7. The minimum Gasteiger partial charge on any atom is -0.484 e. The summed E-state index contributed by atoms with van der Waals surface area (Å²) in [6.07, 6.45) is 0. The minimum absolute atomic E-state index is 0.235. The van der Waals surface area contributed by atoms with Crippen molar-refractivity contribution in [3.05, 3.63) is 54.1 Å². The SMILES string of the molecule is Cn1c(COc2ccccc2N)nc2c(F)cccc21. The summed E-state index contributed by atoms with van der Waals surface area (Å²) in [7, 11) is 1.84. The van der Waals surface area contributed by atoms with Crippen molar-refractivity contribution >= 4 is 16.7 Å². The number of nitrogen functional groups attached to an aromatic ring is 1. The van der Waals surface area contributed by atoms with E-state index in [-0.39, 0.29) is 12.4 Å². The van der Waals surface area contributed by atoms with Crippen LogP contribution in [0, 0.1) is 5.82 Å². The number of aryl methyl sites for hydroxylation is 1. The molecule has 2 aromatic carbocycles. The van der Waals surface area contributed by atoms with Crippen LogP contribution in [0.5, 0.6) is 5.75 Å². The molecular weight excluding hydrogens is 257 g/mol. The third kappa shape index (κ3) is 2.07. The smallest absolute Gasteiger partial charge is 0.151 e. The van der Waals surface area contributed by atoms with Gasteiger partial charge >= 0.3 is 0 Å². The lowest BCUT2D eigenvalue weighted by Gasteiger charge is -2.08. The molecule has 3 aromatic rings. The highest BCUT2D eigenvalue weighted by molar-refractivity contribution is 5.76. The van der Waals surface area contributed by atoms with Crippen molar-refractivity contribution in [2.24, 2.45) is 7.05 Å². The molecule has 1 aromatic heterocycles. The van der Waals surface area contributed by atoms with Crippen molar-refractivity contribution < 1.29 is 9.13 Å². The molecule has 0 aliphatic rings. The second kappa shape index (κ2) is 4.85. The van der Waals surface area contributed by atoms with Gasteiger partial charge in [0.1, 0.15) is 23.7 Å². The summed E-state index contributed by atoms with van der Waals surface area (Å²) in [5.74, 6) is 0.914. The van der Waals surface area contributed by atoms with Gasteiger partial charge in [-0.15, -0.1) is 0 Å². The van der Waals surface area contributed by atoms with Gasteiger partial charge in [-0.3, -0.25) is 0 Å². The quantitative estimate of drug-likeness (QED) is 0.745. The number of benzene rings is 2. The number of hydrogen-bond acceptors (Lipinski definition) is 3. The number of halogens is 1. The van der Waals surface area contributed by atoms with E-state index in [0.717, 1.165) is 5.52 Å². The molecule has 3 rings (SSSR count). The third-order valence-corrected chi connectivity index (χ3v) is 3.23. The van der Waals surface area contributed by atoms with Gasteiger partial charge in [-0.2, -0.15) is 0 Å². The second-order valence-electron chi connectivity index (χ2n) is 4.52. The number of anilines is 1. The summed E-state index contributed by atoms with van der Waals surface area (Å²) in [5, 5.41) is 0. The zero-order chi connectivity index (χ0) is 14.1. The maximum Gasteiger partial charge on any atom is 0.151 e. The number of nitrogens with two attached hydrogens (primary N) is 1. The summed E-state index contributed by atoms with van der Waals surface area (Å²) in [6, 6.07) is 12.1. The maximum atomic E-state index is 13.7. The van der Waals surface area contributed by atoms with Crippen LogP contribution >= 0.6 is 0 Å². The molecule has 0 atom stereocenters. The molecule has 0 aliphatic carbocycles. The first-order valence-corrected chi connectivity index (χ1v) is 6.24. The monoisotopic (exact) mass is 271 g/mol. The van der Waals surface area contributed by atoms with E-state index in [0.29, 0.717) is 22.8 Å². The van der Waals surface area contributed by atoms with E-state index in [4.69, 9.17) is 10.5 Å². The van der Waals surface area contributed by atoms with Gasteiger partial charge in [0, 0.05) is 7.05 Å². The van der Waals surface area contributed by atoms with Crippen LogP contribution in [0.15, 0.2) is 42.5 Å². The molecular formula is C15H14FN3O. The molecule has 20 heavy (non-hydrogen) atoms. The molecule has 0 unspecified atom stereocenters. The van der Waals surface area contributed by atoms with Gasteiger partial charge in [-0.05, 0) is 24.3 Å². The van der Waals surface area contributed by atoms with E-state index in [9.17, 15) is 4.39 Å². The molecule has 5 heteroatoms. The molecule has 0 amide bonds. The summed E-state index contributed by atoms with van der Waals surface area (Å²) >= 11 is 0. The molecule has 102 valence electrons. The van der Waals surface area contributed by atoms with Crippen LogP contribution in [-0.4, -0.2) is 9.55 Å². The van der Waals surface area contributed by atoms with Crippen molar-refractivity contribution in [3.8, 4) is 5.75 Å². The summed E-state index contributed by atoms with van der Waals surface area (Å²) in [4.78, 5) is 4.28. The number of hydrogen-bond donors (Lipinski definition) is 1. The molecule has 2 N–H and O–H groups in total. The first kappa shape index (κ1) is 12.5. The molecule has 0 saturated carbocycles. The first-order chi connectivity index (χ1) is 9.66. The largest absolute Gasteiger partial charge is 0.484 e. The Balaban J connectivity index is 1.90. The van der Waals surface area contributed by atoms with Crippen LogP contribution in [0.3, 0.4) is 0 Å². The lowest BCUT2D eigenvalue weighted by atomic mass is 10.3. The van der Waals surface area contributed by atoms with Crippen molar-refractivity contribution in [1.82, 2.24) is 9.55 Å². The lowest BCUT2D eigenvalue weighted by Crippen LogP contribution is -2.04. The summed E-state index contributed by atoms with van der Waals surface area (Å²) in [5.41, 5.74) is 7.47. The average molecular weight is 271 g/mol. The van der Waals surface area contributed by atoms with E-state index < -0.39 is 0 Å². The van der Waals surface area contributed by atoms with Crippen molar-refractivity contribution in [3.63, 3.8) is 0 Å². The topological polar surface area (TPSA) is 53.1 Å². The van der Waals surface area contributed by atoms with Gasteiger partial charge in [0.25, 0.3) is 0 Å². The van der Waals surface area contributed by atoms with Gasteiger partial charge in [0.05, 0.1) is 11.2 Å². The number of ether oxygens (including phenoxy) is 1. The Morgan fingerprint density at radius 1 is 1.20 bits per heavy atom. The van der Waals surface area contributed by atoms with Crippen LogP contribution in [0.25, 0.3) is 11.0 Å². The van der Waals surface area contributed by atoms with Gasteiger partial charge in [0.2, 0.25) is 0 Å². The molecule has 0 saturated heterocycles. The Kier molecular flexibility index (Phi) is 3.02.